The highest BCUT2D eigenvalue weighted by molar-refractivity contribution is 6.37. The number of alkyl halides is 3. The third-order valence-electron chi connectivity index (χ3n) is 5.08. The van der Waals surface area contributed by atoms with Crippen molar-refractivity contribution in [3.8, 4) is 23.0 Å². The Hall–Kier alpha value is -1.96. The van der Waals surface area contributed by atoms with Crippen LogP contribution in [0.3, 0.4) is 0 Å². The third-order valence-corrected chi connectivity index (χ3v) is 5.80. The molecule has 1 aliphatic rings. The molecular weight excluding hydrogens is 528 g/mol. The van der Waals surface area contributed by atoms with Gasteiger partial charge in [-0.25, -0.2) is 0 Å². The summed E-state index contributed by atoms with van der Waals surface area (Å²) in [6.07, 6.45) is -1.28. The molecule has 0 saturated heterocycles. The maximum absolute atomic E-state index is 13.3. The molecule has 3 rings (SSSR count). The molecule has 0 radical (unpaired) electrons. The van der Waals surface area contributed by atoms with Crippen LogP contribution in [0.15, 0.2) is 35.4 Å². The van der Waals surface area contributed by atoms with Gasteiger partial charge in [0.15, 0.2) is 17.2 Å². The van der Waals surface area contributed by atoms with E-state index in [9.17, 15) is 13.2 Å². The van der Waals surface area contributed by atoms with Gasteiger partial charge in [-0.15, -0.1) is 0 Å². The van der Waals surface area contributed by atoms with Gasteiger partial charge in [-0.2, -0.15) is 13.2 Å². The molecule has 0 fully saturated rings. The van der Waals surface area contributed by atoms with Crippen LogP contribution in [0.4, 0.5) is 13.2 Å². The Balaban J connectivity index is 1.52. The molecule has 0 unspecified atom stereocenters. The molecule has 0 atom stereocenters. The van der Waals surface area contributed by atoms with E-state index in [4.69, 9.17) is 53.8 Å². The minimum absolute atomic E-state index is 0.0993. The summed E-state index contributed by atoms with van der Waals surface area (Å²) in [6, 6.07) is 5.31. The van der Waals surface area contributed by atoms with Gasteiger partial charge >= 0.3 is 6.18 Å². The van der Waals surface area contributed by atoms with E-state index in [-0.39, 0.29) is 19.0 Å². The van der Waals surface area contributed by atoms with E-state index in [2.05, 4.69) is 0 Å². The summed E-state index contributed by atoms with van der Waals surface area (Å²) in [5, 5.41) is 1.21. The Bertz CT molecular complexity index is 1060. The fourth-order valence-electron chi connectivity index (χ4n) is 3.52. The van der Waals surface area contributed by atoms with Crippen molar-refractivity contribution in [1.29, 1.82) is 0 Å². The SMILES string of the molecule is C/C(Cl)=C/COc1cc(Cl)c(OCCCCOc2cc(C(F)(F)F)cc3c2OC(C)(C)C3)c(Cl)c1. The van der Waals surface area contributed by atoms with E-state index in [1.807, 2.05) is 13.8 Å². The Labute approximate surface area is 217 Å². The minimum atomic E-state index is -4.47. The molecule has 0 bridgehead atoms. The fourth-order valence-corrected chi connectivity index (χ4v) is 4.16. The standard InChI is InChI=1S/C25H26Cl3F3O4/c1-15(26)6-9-32-18-12-19(27)23(20(28)13-18)34-8-5-4-7-33-21-11-17(25(29,30)31)10-16-14-24(2,3)35-22(16)21/h6,10-13H,4-5,7-9,14H2,1-3H3/b15-6-. The van der Waals surface area contributed by atoms with Gasteiger partial charge in [-0.1, -0.05) is 34.8 Å². The van der Waals surface area contributed by atoms with E-state index in [1.54, 1.807) is 25.1 Å². The predicted octanol–water partition coefficient (Wildman–Crippen LogP) is 8.49. The first-order chi connectivity index (χ1) is 16.4. The molecule has 0 saturated carbocycles. The lowest BCUT2D eigenvalue weighted by Crippen LogP contribution is -2.24. The van der Waals surface area contributed by atoms with Crippen LogP contribution >= 0.6 is 34.8 Å². The highest BCUT2D eigenvalue weighted by atomic mass is 35.5. The zero-order chi connectivity index (χ0) is 25.8. The largest absolute Gasteiger partial charge is 0.490 e. The summed E-state index contributed by atoms with van der Waals surface area (Å²) in [7, 11) is 0. The van der Waals surface area contributed by atoms with Crippen LogP contribution < -0.4 is 18.9 Å². The number of ether oxygens (including phenoxy) is 4. The Kier molecular flexibility index (Phi) is 9.00. The lowest BCUT2D eigenvalue weighted by atomic mass is 10.00. The Morgan fingerprint density at radius 1 is 1.03 bits per heavy atom. The van der Waals surface area contributed by atoms with Crippen LogP contribution in [0.5, 0.6) is 23.0 Å². The topological polar surface area (TPSA) is 36.9 Å². The summed E-state index contributed by atoms with van der Waals surface area (Å²) in [4.78, 5) is 0. The average Bonchev–Trinajstić information content (AvgIpc) is 3.05. The van der Waals surface area contributed by atoms with E-state index in [0.717, 1.165) is 12.1 Å². The molecule has 1 heterocycles. The van der Waals surface area contributed by atoms with Crippen molar-refractivity contribution in [3.05, 3.63) is 56.5 Å². The highest BCUT2D eigenvalue weighted by Gasteiger charge is 2.38. The predicted molar refractivity (Wildman–Crippen MR) is 132 cm³/mol. The van der Waals surface area contributed by atoms with Crippen molar-refractivity contribution in [2.24, 2.45) is 0 Å². The van der Waals surface area contributed by atoms with Crippen molar-refractivity contribution in [2.45, 2.75) is 51.8 Å². The van der Waals surface area contributed by atoms with Gasteiger partial charge in [-0.05, 0) is 51.8 Å². The summed E-state index contributed by atoms with van der Waals surface area (Å²) in [5.74, 6) is 1.28. The molecule has 192 valence electrons. The number of hydrogen-bond acceptors (Lipinski definition) is 4. The minimum Gasteiger partial charge on any atom is -0.490 e. The van der Waals surface area contributed by atoms with Gasteiger partial charge < -0.3 is 18.9 Å². The zero-order valence-electron chi connectivity index (χ0n) is 19.5. The van der Waals surface area contributed by atoms with Crippen LogP contribution in [0.2, 0.25) is 10.0 Å². The summed E-state index contributed by atoms with van der Waals surface area (Å²) >= 11 is 18.3. The normalized spacial score (nSPS) is 14.9. The van der Waals surface area contributed by atoms with Gasteiger partial charge in [0, 0.05) is 29.1 Å². The second-order valence-corrected chi connectivity index (χ2v) is 10.1. The maximum atomic E-state index is 13.3. The Morgan fingerprint density at radius 2 is 1.66 bits per heavy atom. The molecule has 2 aromatic carbocycles. The number of unbranched alkanes of at least 4 members (excludes halogenated alkanes) is 1. The molecule has 0 spiro atoms. The molecule has 4 nitrogen and oxygen atoms in total. The monoisotopic (exact) mass is 552 g/mol. The zero-order valence-corrected chi connectivity index (χ0v) is 21.8. The van der Waals surface area contributed by atoms with Crippen molar-refractivity contribution in [2.75, 3.05) is 19.8 Å². The second kappa shape index (κ2) is 11.4. The van der Waals surface area contributed by atoms with Gasteiger partial charge in [0.1, 0.15) is 18.0 Å². The first-order valence-corrected chi connectivity index (χ1v) is 12.1. The van der Waals surface area contributed by atoms with Crippen LogP contribution in [-0.4, -0.2) is 25.4 Å². The molecule has 10 heteroatoms. The van der Waals surface area contributed by atoms with Crippen molar-refractivity contribution in [3.63, 3.8) is 0 Å². The van der Waals surface area contributed by atoms with Gasteiger partial charge in [0.2, 0.25) is 0 Å². The number of benzene rings is 2. The molecule has 0 aromatic heterocycles. The number of allylic oxidation sites excluding steroid dienone is 1. The van der Waals surface area contributed by atoms with Gasteiger partial charge in [-0.3, -0.25) is 0 Å². The fraction of sp³-hybridized carbons (Fsp3) is 0.440. The molecule has 35 heavy (non-hydrogen) atoms. The van der Waals surface area contributed by atoms with Gasteiger partial charge in [0.05, 0.1) is 28.8 Å². The van der Waals surface area contributed by atoms with Crippen molar-refractivity contribution < 1.29 is 32.1 Å². The lowest BCUT2D eigenvalue weighted by Gasteiger charge is -2.18. The molecular formula is C25H26Cl3F3O4. The summed E-state index contributed by atoms with van der Waals surface area (Å²) < 4.78 is 62.7. The number of hydrogen-bond donors (Lipinski definition) is 0. The quantitative estimate of drug-likeness (QED) is 0.277. The third kappa shape index (κ3) is 7.76. The van der Waals surface area contributed by atoms with E-state index < -0.39 is 17.3 Å². The smallest absolute Gasteiger partial charge is 0.416 e. The lowest BCUT2D eigenvalue weighted by molar-refractivity contribution is -0.137. The molecule has 0 N–H and O–H groups in total. The first-order valence-electron chi connectivity index (χ1n) is 11.0. The Morgan fingerprint density at radius 3 is 2.26 bits per heavy atom. The number of halogens is 6. The first kappa shape index (κ1) is 27.6. The van der Waals surface area contributed by atoms with Crippen LogP contribution in [0, 0.1) is 0 Å². The van der Waals surface area contributed by atoms with Gasteiger partial charge in [0.25, 0.3) is 0 Å². The van der Waals surface area contributed by atoms with Crippen LogP contribution in [0.25, 0.3) is 0 Å². The van der Waals surface area contributed by atoms with Crippen molar-refractivity contribution in [1.82, 2.24) is 0 Å². The van der Waals surface area contributed by atoms with E-state index in [0.29, 0.717) is 63.8 Å². The number of fused-ring (bicyclic) bond motifs is 1. The van der Waals surface area contributed by atoms with Crippen molar-refractivity contribution >= 4 is 34.8 Å². The van der Waals surface area contributed by atoms with E-state index in [1.165, 1.54) is 0 Å². The highest BCUT2D eigenvalue weighted by Crippen LogP contribution is 2.45. The average molecular weight is 554 g/mol. The molecule has 2 aromatic rings. The summed E-state index contributed by atoms with van der Waals surface area (Å²) in [6.45, 7) is 6.17. The van der Waals surface area contributed by atoms with Crippen LogP contribution in [-0.2, 0) is 12.6 Å². The number of rotatable bonds is 10. The molecule has 1 aliphatic heterocycles. The maximum Gasteiger partial charge on any atom is 0.416 e. The molecule has 0 aliphatic carbocycles. The molecule has 0 amide bonds. The van der Waals surface area contributed by atoms with Crippen LogP contribution in [0.1, 0.15) is 44.7 Å². The second-order valence-electron chi connectivity index (χ2n) is 8.72. The summed E-state index contributed by atoms with van der Waals surface area (Å²) in [5.41, 5.74) is -0.840. The van der Waals surface area contributed by atoms with E-state index >= 15 is 0 Å².